The Labute approximate surface area is 107 Å². The Bertz CT molecular complexity index is 290. The van der Waals surface area contributed by atoms with Crippen LogP contribution in [0.15, 0.2) is 0 Å². The third-order valence-corrected chi connectivity index (χ3v) is 2.68. The summed E-state index contributed by atoms with van der Waals surface area (Å²) >= 11 is 0. The highest BCUT2D eigenvalue weighted by Gasteiger charge is 2.39. The standard InChI is InChI=1S/C12H20O6/c1-4-9(13)17-8-6-7-16-12(15-3)11(8)18-10(14)5-2/h8,11-12H,4-7H2,1-3H3/t8-,11+,12+/m0/s1. The van der Waals surface area contributed by atoms with Gasteiger partial charge in [0, 0.05) is 26.4 Å². The largest absolute Gasteiger partial charge is 0.458 e. The Morgan fingerprint density at radius 2 is 1.78 bits per heavy atom. The van der Waals surface area contributed by atoms with Crippen LogP contribution in [0.25, 0.3) is 0 Å². The van der Waals surface area contributed by atoms with Gasteiger partial charge in [-0.05, 0) is 0 Å². The van der Waals surface area contributed by atoms with Gasteiger partial charge in [-0.2, -0.15) is 0 Å². The van der Waals surface area contributed by atoms with Gasteiger partial charge in [0.2, 0.25) is 0 Å². The molecule has 6 heteroatoms. The molecule has 0 unspecified atom stereocenters. The van der Waals surface area contributed by atoms with Crippen LogP contribution < -0.4 is 0 Å². The van der Waals surface area contributed by atoms with Crippen molar-refractivity contribution < 1.29 is 28.5 Å². The van der Waals surface area contributed by atoms with Crippen molar-refractivity contribution in [3.8, 4) is 0 Å². The third kappa shape index (κ3) is 3.96. The van der Waals surface area contributed by atoms with Gasteiger partial charge in [-0.25, -0.2) is 0 Å². The molecule has 0 aliphatic carbocycles. The molecule has 18 heavy (non-hydrogen) atoms. The summed E-state index contributed by atoms with van der Waals surface area (Å²) in [6.07, 6.45) is -0.875. The maximum absolute atomic E-state index is 11.4. The first-order chi connectivity index (χ1) is 8.62. The average molecular weight is 260 g/mol. The van der Waals surface area contributed by atoms with Gasteiger partial charge < -0.3 is 18.9 Å². The van der Waals surface area contributed by atoms with Crippen molar-refractivity contribution in [2.75, 3.05) is 13.7 Å². The average Bonchev–Trinajstić information content (AvgIpc) is 2.40. The molecule has 1 rings (SSSR count). The van der Waals surface area contributed by atoms with E-state index in [0.29, 0.717) is 13.0 Å². The fourth-order valence-electron chi connectivity index (χ4n) is 1.68. The topological polar surface area (TPSA) is 71.1 Å². The monoisotopic (exact) mass is 260 g/mol. The SMILES string of the molecule is CCC(=O)O[C@H]1[C@H](OC)OCC[C@@H]1OC(=O)CC. The first-order valence-corrected chi connectivity index (χ1v) is 6.15. The van der Waals surface area contributed by atoms with E-state index >= 15 is 0 Å². The van der Waals surface area contributed by atoms with Crippen LogP contribution in [0.3, 0.4) is 0 Å². The highest BCUT2D eigenvalue weighted by Crippen LogP contribution is 2.22. The number of rotatable bonds is 5. The lowest BCUT2D eigenvalue weighted by atomic mass is 10.1. The van der Waals surface area contributed by atoms with Gasteiger partial charge >= 0.3 is 11.9 Å². The molecule has 1 aliphatic heterocycles. The summed E-state index contributed by atoms with van der Waals surface area (Å²) in [5.74, 6) is -0.695. The molecule has 1 heterocycles. The van der Waals surface area contributed by atoms with Crippen LogP contribution in [0.4, 0.5) is 0 Å². The highest BCUT2D eigenvalue weighted by atomic mass is 16.7. The van der Waals surface area contributed by atoms with Gasteiger partial charge in [0.05, 0.1) is 6.61 Å². The third-order valence-electron chi connectivity index (χ3n) is 2.68. The van der Waals surface area contributed by atoms with Crippen LogP contribution in [0.2, 0.25) is 0 Å². The molecule has 1 fully saturated rings. The number of carbonyl (C=O) groups is 2. The maximum atomic E-state index is 11.4. The molecule has 0 N–H and O–H groups in total. The van der Waals surface area contributed by atoms with E-state index in [2.05, 4.69) is 0 Å². The van der Waals surface area contributed by atoms with Gasteiger partial charge in [-0.1, -0.05) is 13.8 Å². The quantitative estimate of drug-likeness (QED) is 0.687. The van der Waals surface area contributed by atoms with Crippen LogP contribution in [-0.2, 0) is 28.5 Å². The number of hydrogen-bond acceptors (Lipinski definition) is 6. The van der Waals surface area contributed by atoms with Crippen LogP contribution in [0.5, 0.6) is 0 Å². The molecule has 104 valence electrons. The van der Waals surface area contributed by atoms with E-state index in [-0.39, 0.29) is 24.8 Å². The summed E-state index contributed by atoms with van der Waals surface area (Å²) in [5.41, 5.74) is 0. The lowest BCUT2D eigenvalue weighted by Crippen LogP contribution is -2.49. The van der Waals surface area contributed by atoms with Gasteiger partial charge in [0.25, 0.3) is 0 Å². The van der Waals surface area contributed by atoms with E-state index in [1.807, 2.05) is 0 Å². The minimum Gasteiger partial charge on any atom is -0.458 e. The molecule has 0 saturated carbocycles. The molecule has 3 atom stereocenters. The molecule has 1 saturated heterocycles. The molecule has 0 radical (unpaired) electrons. The van der Waals surface area contributed by atoms with Crippen molar-refractivity contribution >= 4 is 11.9 Å². The first kappa shape index (κ1) is 14.9. The number of carbonyl (C=O) groups excluding carboxylic acids is 2. The van der Waals surface area contributed by atoms with E-state index in [4.69, 9.17) is 18.9 Å². The fourth-order valence-corrected chi connectivity index (χ4v) is 1.68. The molecule has 0 aromatic carbocycles. The zero-order valence-electron chi connectivity index (χ0n) is 11.0. The summed E-state index contributed by atoms with van der Waals surface area (Å²) < 4.78 is 20.9. The van der Waals surface area contributed by atoms with E-state index in [9.17, 15) is 9.59 Å². The molecule has 0 aromatic rings. The van der Waals surface area contributed by atoms with Crippen molar-refractivity contribution in [3.05, 3.63) is 0 Å². The highest BCUT2D eigenvalue weighted by molar-refractivity contribution is 5.70. The summed E-state index contributed by atoms with van der Waals surface area (Å²) in [6, 6.07) is 0. The van der Waals surface area contributed by atoms with Gasteiger partial charge in [0.15, 0.2) is 12.4 Å². The van der Waals surface area contributed by atoms with E-state index in [0.717, 1.165) is 0 Å². The number of esters is 2. The second-order valence-corrected chi connectivity index (χ2v) is 3.95. The van der Waals surface area contributed by atoms with Crippen molar-refractivity contribution in [3.63, 3.8) is 0 Å². The molecule has 6 nitrogen and oxygen atoms in total. The molecule has 0 bridgehead atoms. The Morgan fingerprint density at radius 3 is 2.33 bits per heavy atom. The lowest BCUT2D eigenvalue weighted by Gasteiger charge is -2.35. The zero-order chi connectivity index (χ0) is 13.5. The minimum absolute atomic E-state index is 0.251. The maximum Gasteiger partial charge on any atom is 0.306 e. The second kappa shape index (κ2) is 7.33. The first-order valence-electron chi connectivity index (χ1n) is 6.15. The Morgan fingerprint density at radius 1 is 1.17 bits per heavy atom. The summed E-state index contributed by atoms with van der Waals surface area (Å²) in [7, 11) is 1.46. The van der Waals surface area contributed by atoms with Crippen molar-refractivity contribution in [2.24, 2.45) is 0 Å². The summed E-state index contributed by atoms with van der Waals surface area (Å²) in [4.78, 5) is 22.7. The van der Waals surface area contributed by atoms with Crippen LogP contribution in [-0.4, -0.2) is 44.2 Å². The van der Waals surface area contributed by atoms with Crippen molar-refractivity contribution in [1.29, 1.82) is 0 Å². The van der Waals surface area contributed by atoms with Crippen LogP contribution >= 0.6 is 0 Å². The van der Waals surface area contributed by atoms with Crippen molar-refractivity contribution in [1.82, 2.24) is 0 Å². The van der Waals surface area contributed by atoms with Gasteiger partial charge in [0.1, 0.15) is 6.10 Å². The van der Waals surface area contributed by atoms with Crippen LogP contribution in [0, 0.1) is 0 Å². The van der Waals surface area contributed by atoms with E-state index in [1.165, 1.54) is 7.11 Å². The Balaban J connectivity index is 2.70. The molecule has 0 amide bonds. The minimum atomic E-state index is -0.702. The smallest absolute Gasteiger partial charge is 0.306 e. The van der Waals surface area contributed by atoms with Gasteiger partial charge in [-0.3, -0.25) is 9.59 Å². The predicted octanol–water partition coefficient (Wildman–Crippen LogP) is 1.02. The second-order valence-electron chi connectivity index (χ2n) is 3.95. The molecule has 1 aliphatic rings. The molecule has 0 aromatic heterocycles. The number of hydrogen-bond donors (Lipinski definition) is 0. The summed E-state index contributed by atoms with van der Waals surface area (Å²) in [5, 5.41) is 0. The molecule has 0 spiro atoms. The van der Waals surface area contributed by atoms with Crippen molar-refractivity contribution in [2.45, 2.75) is 51.6 Å². The Kier molecular flexibility index (Phi) is 6.07. The predicted molar refractivity (Wildman–Crippen MR) is 61.7 cm³/mol. The van der Waals surface area contributed by atoms with E-state index in [1.54, 1.807) is 13.8 Å². The fraction of sp³-hybridized carbons (Fsp3) is 0.833. The number of methoxy groups -OCH3 is 1. The molecular formula is C12H20O6. The van der Waals surface area contributed by atoms with Gasteiger partial charge in [-0.15, -0.1) is 0 Å². The van der Waals surface area contributed by atoms with E-state index < -0.39 is 18.5 Å². The Hall–Kier alpha value is -1.14. The summed E-state index contributed by atoms with van der Waals surface area (Å²) in [6.45, 7) is 3.81. The number of ether oxygens (including phenoxy) is 4. The van der Waals surface area contributed by atoms with Crippen LogP contribution in [0.1, 0.15) is 33.1 Å². The zero-order valence-corrected chi connectivity index (χ0v) is 11.0. The normalized spacial score (nSPS) is 27.6. The molecular weight excluding hydrogens is 240 g/mol. The lowest BCUT2D eigenvalue weighted by molar-refractivity contribution is -0.248.